The Morgan fingerprint density at radius 1 is 0.957 bits per heavy atom. The molecular formula is C19H26O4. The van der Waals surface area contributed by atoms with Crippen molar-refractivity contribution < 1.29 is 19.1 Å². The minimum atomic E-state index is -0.995. The maximum absolute atomic E-state index is 11.3. The van der Waals surface area contributed by atoms with Crippen LogP contribution in [0.4, 0.5) is 0 Å². The fraction of sp³-hybridized carbons (Fsp3) is 0.474. The van der Waals surface area contributed by atoms with Crippen molar-refractivity contribution in [1.29, 1.82) is 0 Å². The predicted octanol–water partition coefficient (Wildman–Crippen LogP) is 4.30. The van der Waals surface area contributed by atoms with Gasteiger partial charge in [-0.15, -0.1) is 0 Å². The number of ether oxygens (including phenoxy) is 2. The van der Waals surface area contributed by atoms with Crippen molar-refractivity contribution in [2.24, 2.45) is 5.92 Å². The second-order valence-electron chi connectivity index (χ2n) is 6.13. The average Bonchev–Trinajstić information content (AvgIpc) is 2.42. The van der Waals surface area contributed by atoms with Crippen LogP contribution in [0.3, 0.4) is 0 Å². The van der Waals surface area contributed by atoms with Crippen LogP contribution < -0.4 is 0 Å². The standard InChI is InChI=1S/C19H26O4/c1-12(2)17-10-8-7-9-16(17)11-18(13(3)4)19(22-14(5)20)23-15(6)21/h7-13,19H,1-6H3. The van der Waals surface area contributed by atoms with E-state index in [1.165, 1.54) is 19.4 Å². The molecule has 0 saturated carbocycles. The molecule has 0 atom stereocenters. The Kier molecular flexibility index (Phi) is 7.01. The van der Waals surface area contributed by atoms with Gasteiger partial charge in [0.1, 0.15) is 0 Å². The summed E-state index contributed by atoms with van der Waals surface area (Å²) in [4.78, 5) is 22.7. The van der Waals surface area contributed by atoms with E-state index in [-0.39, 0.29) is 5.92 Å². The Bertz CT molecular complexity index is 569. The Labute approximate surface area is 138 Å². The van der Waals surface area contributed by atoms with Gasteiger partial charge in [-0.2, -0.15) is 0 Å². The molecule has 0 aliphatic heterocycles. The van der Waals surface area contributed by atoms with Gasteiger partial charge < -0.3 is 9.47 Å². The summed E-state index contributed by atoms with van der Waals surface area (Å²) in [6.07, 6.45) is 0.960. The summed E-state index contributed by atoms with van der Waals surface area (Å²) in [6, 6.07) is 8.04. The monoisotopic (exact) mass is 318 g/mol. The molecule has 1 rings (SSSR count). The van der Waals surface area contributed by atoms with Crippen LogP contribution in [0.2, 0.25) is 0 Å². The fourth-order valence-corrected chi connectivity index (χ4v) is 2.32. The zero-order chi connectivity index (χ0) is 17.6. The van der Waals surface area contributed by atoms with Gasteiger partial charge in [0.2, 0.25) is 0 Å². The summed E-state index contributed by atoms with van der Waals surface area (Å²) in [6.45, 7) is 10.8. The van der Waals surface area contributed by atoms with Crippen molar-refractivity contribution in [3.05, 3.63) is 41.0 Å². The van der Waals surface area contributed by atoms with E-state index in [1.54, 1.807) is 0 Å². The van der Waals surface area contributed by atoms with E-state index < -0.39 is 18.2 Å². The molecule has 0 saturated heterocycles. The predicted molar refractivity (Wildman–Crippen MR) is 90.7 cm³/mol. The van der Waals surface area contributed by atoms with Crippen LogP contribution in [-0.4, -0.2) is 18.2 Å². The maximum atomic E-state index is 11.3. The van der Waals surface area contributed by atoms with Gasteiger partial charge in [0.25, 0.3) is 6.29 Å². The molecule has 0 amide bonds. The molecule has 0 unspecified atom stereocenters. The molecule has 0 bridgehead atoms. The van der Waals surface area contributed by atoms with Gasteiger partial charge in [0, 0.05) is 19.4 Å². The maximum Gasteiger partial charge on any atom is 0.305 e. The molecule has 1 aromatic rings. The van der Waals surface area contributed by atoms with E-state index in [0.717, 1.165) is 11.1 Å². The van der Waals surface area contributed by atoms with Crippen molar-refractivity contribution in [2.45, 2.75) is 53.8 Å². The third kappa shape index (κ3) is 5.89. The molecular weight excluding hydrogens is 292 g/mol. The molecule has 4 heteroatoms. The molecule has 0 spiro atoms. The van der Waals surface area contributed by atoms with Crippen LogP contribution in [0, 0.1) is 5.92 Å². The first-order valence-electron chi connectivity index (χ1n) is 7.87. The number of rotatable bonds is 6. The molecule has 23 heavy (non-hydrogen) atoms. The van der Waals surface area contributed by atoms with Crippen molar-refractivity contribution >= 4 is 18.0 Å². The minimum absolute atomic E-state index is 0.0546. The summed E-state index contributed by atoms with van der Waals surface area (Å²) in [5.74, 6) is -0.560. The smallest absolute Gasteiger partial charge is 0.305 e. The van der Waals surface area contributed by atoms with Crippen LogP contribution in [0.15, 0.2) is 29.8 Å². The second-order valence-corrected chi connectivity index (χ2v) is 6.13. The highest BCUT2D eigenvalue weighted by Gasteiger charge is 2.23. The van der Waals surface area contributed by atoms with E-state index in [9.17, 15) is 9.59 Å². The van der Waals surface area contributed by atoms with Crippen LogP contribution in [0.25, 0.3) is 6.08 Å². The minimum Gasteiger partial charge on any atom is -0.421 e. The third-order valence-corrected chi connectivity index (χ3v) is 3.43. The topological polar surface area (TPSA) is 52.6 Å². The Morgan fingerprint density at radius 2 is 1.48 bits per heavy atom. The first-order valence-corrected chi connectivity index (χ1v) is 7.87. The number of benzene rings is 1. The lowest BCUT2D eigenvalue weighted by atomic mass is 9.93. The SMILES string of the molecule is CC(=O)OC(OC(C)=O)C(=Cc1ccccc1C(C)C)C(C)C. The largest absolute Gasteiger partial charge is 0.421 e. The highest BCUT2D eigenvalue weighted by atomic mass is 16.7. The third-order valence-electron chi connectivity index (χ3n) is 3.43. The highest BCUT2D eigenvalue weighted by Crippen LogP contribution is 2.26. The van der Waals surface area contributed by atoms with Gasteiger partial charge in [-0.3, -0.25) is 9.59 Å². The normalized spacial score (nSPS) is 12.0. The van der Waals surface area contributed by atoms with Gasteiger partial charge >= 0.3 is 11.9 Å². The van der Waals surface area contributed by atoms with E-state index in [2.05, 4.69) is 19.9 Å². The molecule has 0 heterocycles. The Morgan fingerprint density at radius 3 is 1.91 bits per heavy atom. The van der Waals surface area contributed by atoms with Gasteiger partial charge in [-0.25, -0.2) is 0 Å². The molecule has 0 N–H and O–H groups in total. The summed E-state index contributed by atoms with van der Waals surface area (Å²) in [7, 11) is 0. The number of hydrogen-bond acceptors (Lipinski definition) is 4. The Balaban J connectivity index is 3.32. The van der Waals surface area contributed by atoms with Crippen molar-refractivity contribution in [3.63, 3.8) is 0 Å². The zero-order valence-electron chi connectivity index (χ0n) is 14.8. The quantitative estimate of drug-likeness (QED) is 0.579. The molecule has 0 aliphatic rings. The van der Waals surface area contributed by atoms with E-state index >= 15 is 0 Å². The summed E-state index contributed by atoms with van der Waals surface area (Å²) in [5.41, 5.74) is 2.98. The molecule has 0 fully saturated rings. The van der Waals surface area contributed by atoms with Crippen molar-refractivity contribution in [2.75, 3.05) is 0 Å². The number of carbonyl (C=O) groups excluding carboxylic acids is 2. The first kappa shape index (κ1) is 18.9. The van der Waals surface area contributed by atoms with Crippen LogP contribution in [-0.2, 0) is 19.1 Å². The van der Waals surface area contributed by atoms with Gasteiger partial charge in [-0.05, 0) is 29.0 Å². The number of carbonyl (C=O) groups is 2. The molecule has 0 aromatic heterocycles. The molecule has 4 nitrogen and oxygen atoms in total. The van der Waals surface area contributed by atoms with Gasteiger partial charge in [0.05, 0.1) is 0 Å². The lowest BCUT2D eigenvalue weighted by Gasteiger charge is -2.23. The average molecular weight is 318 g/mol. The highest BCUT2D eigenvalue weighted by molar-refractivity contribution is 5.69. The number of esters is 2. The van der Waals surface area contributed by atoms with Crippen LogP contribution in [0.1, 0.15) is 58.6 Å². The van der Waals surface area contributed by atoms with Crippen molar-refractivity contribution in [1.82, 2.24) is 0 Å². The van der Waals surface area contributed by atoms with Crippen LogP contribution in [0.5, 0.6) is 0 Å². The Hall–Kier alpha value is -2.10. The van der Waals surface area contributed by atoms with Gasteiger partial charge in [0.15, 0.2) is 0 Å². The van der Waals surface area contributed by atoms with Crippen LogP contribution >= 0.6 is 0 Å². The zero-order valence-corrected chi connectivity index (χ0v) is 14.8. The molecule has 0 radical (unpaired) electrons. The fourth-order valence-electron chi connectivity index (χ4n) is 2.32. The summed E-state index contributed by atoms with van der Waals surface area (Å²) < 4.78 is 10.4. The lowest BCUT2D eigenvalue weighted by molar-refractivity contribution is -0.178. The van der Waals surface area contributed by atoms with Crippen molar-refractivity contribution in [3.8, 4) is 0 Å². The molecule has 1 aromatic carbocycles. The summed E-state index contributed by atoms with van der Waals surface area (Å²) in [5, 5.41) is 0. The number of hydrogen-bond donors (Lipinski definition) is 0. The first-order chi connectivity index (χ1) is 10.7. The molecule has 0 aliphatic carbocycles. The molecule has 126 valence electrons. The summed E-state index contributed by atoms with van der Waals surface area (Å²) >= 11 is 0. The van der Waals surface area contributed by atoms with E-state index in [4.69, 9.17) is 9.47 Å². The lowest BCUT2D eigenvalue weighted by Crippen LogP contribution is -2.27. The van der Waals surface area contributed by atoms with E-state index in [0.29, 0.717) is 5.92 Å². The van der Waals surface area contributed by atoms with E-state index in [1.807, 2.05) is 38.1 Å². The second kappa shape index (κ2) is 8.51. The van der Waals surface area contributed by atoms with Gasteiger partial charge in [-0.1, -0.05) is 52.0 Å².